The minimum atomic E-state index is -0.371. The average molecular weight is 419 g/mol. The molecule has 0 aliphatic carbocycles. The first-order valence-electron chi connectivity index (χ1n) is 9.05. The zero-order valence-corrected chi connectivity index (χ0v) is 18.1. The molecule has 0 saturated carbocycles. The second-order valence-corrected chi connectivity index (χ2v) is 6.46. The molecule has 0 aromatic heterocycles. The first-order valence-corrected chi connectivity index (χ1v) is 9.46. The van der Waals surface area contributed by atoms with Gasteiger partial charge in [0, 0.05) is 17.8 Å². The van der Waals surface area contributed by atoms with Gasteiger partial charge in [-0.3, -0.25) is 0 Å². The van der Waals surface area contributed by atoms with Gasteiger partial charge in [-0.05, 0) is 55.9 Å². The fourth-order valence-electron chi connectivity index (χ4n) is 2.74. The molecule has 0 unspecified atom stereocenters. The number of aryl methyl sites for hydroxylation is 1. The number of nitrogens with one attached hydrogen (secondary N) is 2. The Hall–Kier alpha value is -3.00. The zero-order valence-electron chi connectivity index (χ0n) is 17.3. The van der Waals surface area contributed by atoms with Crippen molar-refractivity contribution in [2.45, 2.75) is 20.4 Å². The van der Waals surface area contributed by atoms with Gasteiger partial charge in [-0.25, -0.2) is 4.79 Å². The summed E-state index contributed by atoms with van der Waals surface area (Å²) in [5.74, 6) is 1.30. The number of carbonyl (C=O) groups is 1. The summed E-state index contributed by atoms with van der Waals surface area (Å²) < 4.78 is 21.2. The topological polar surface area (TPSA) is 78.1 Å². The van der Waals surface area contributed by atoms with Crippen LogP contribution in [0.15, 0.2) is 30.3 Å². The predicted molar refractivity (Wildman–Crippen MR) is 116 cm³/mol. The van der Waals surface area contributed by atoms with Crippen LogP contribution in [0.1, 0.15) is 28.4 Å². The normalized spacial score (nSPS) is 10.1. The number of anilines is 1. The van der Waals surface area contributed by atoms with Crippen molar-refractivity contribution >= 4 is 29.0 Å². The summed E-state index contributed by atoms with van der Waals surface area (Å²) in [7, 11) is 4.70. The lowest BCUT2D eigenvalue weighted by Crippen LogP contribution is -2.28. The Morgan fingerprint density at radius 2 is 1.76 bits per heavy atom. The lowest BCUT2D eigenvalue weighted by Gasteiger charge is -2.17. The highest BCUT2D eigenvalue weighted by atomic mass is 32.1. The molecule has 0 heterocycles. The van der Waals surface area contributed by atoms with E-state index >= 15 is 0 Å². The number of esters is 1. The summed E-state index contributed by atoms with van der Waals surface area (Å²) in [6.45, 7) is 4.43. The molecule has 156 valence electrons. The van der Waals surface area contributed by atoms with E-state index < -0.39 is 0 Å². The predicted octanol–water partition coefficient (Wildman–Crippen LogP) is 3.68. The van der Waals surface area contributed by atoms with Crippen LogP contribution in [0.3, 0.4) is 0 Å². The molecule has 0 radical (unpaired) electrons. The van der Waals surface area contributed by atoms with Crippen LogP contribution in [-0.2, 0) is 11.3 Å². The summed E-state index contributed by atoms with van der Waals surface area (Å²) in [5, 5.41) is 6.67. The van der Waals surface area contributed by atoms with Crippen LogP contribution in [0.5, 0.6) is 17.2 Å². The maximum atomic E-state index is 12.0. The van der Waals surface area contributed by atoms with Crippen LogP contribution >= 0.6 is 12.2 Å². The molecular weight excluding hydrogens is 392 g/mol. The minimum absolute atomic E-state index is 0.322. The molecule has 7 nitrogen and oxygen atoms in total. The fraction of sp³-hybridized carbons (Fsp3) is 0.333. The van der Waals surface area contributed by atoms with Crippen LogP contribution in [-0.4, -0.2) is 39.0 Å². The minimum Gasteiger partial charge on any atom is -0.493 e. The molecule has 0 spiro atoms. The van der Waals surface area contributed by atoms with Crippen molar-refractivity contribution in [1.82, 2.24) is 5.32 Å². The van der Waals surface area contributed by atoms with Gasteiger partial charge in [0.2, 0.25) is 5.75 Å². The van der Waals surface area contributed by atoms with Crippen LogP contribution in [0.4, 0.5) is 5.69 Å². The SMILES string of the molecule is CCOC(=O)c1ccc(C)c(NC(=S)NCc2ccc(OC)c(OC)c2OC)c1. The van der Waals surface area contributed by atoms with Gasteiger partial charge in [-0.1, -0.05) is 6.07 Å². The van der Waals surface area contributed by atoms with Crippen molar-refractivity contribution in [3.05, 3.63) is 47.0 Å². The number of hydrogen-bond donors (Lipinski definition) is 2. The van der Waals surface area contributed by atoms with Gasteiger partial charge in [0.25, 0.3) is 0 Å². The lowest BCUT2D eigenvalue weighted by atomic mass is 10.1. The van der Waals surface area contributed by atoms with Gasteiger partial charge in [0.1, 0.15) is 0 Å². The van der Waals surface area contributed by atoms with Crippen molar-refractivity contribution in [2.24, 2.45) is 0 Å². The van der Waals surface area contributed by atoms with E-state index in [1.54, 1.807) is 40.4 Å². The van der Waals surface area contributed by atoms with Crippen LogP contribution in [0, 0.1) is 6.92 Å². The number of rotatable bonds is 8. The van der Waals surface area contributed by atoms with E-state index in [0.717, 1.165) is 16.8 Å². The number of hydrogen-bond acceptors (Lipinski definition) is 6. The lowest BCUT2D eigenvalue weighted by molar-refractivity contribution is 0.0526. The van der Waals surface area contributed by atoms with Crippen LogP contribution in [0.25, 0.3) is 0 Å². The van der Waals surface area contributed by atoms with Crippen molar-refractivity contribution in [3.63, 3.8) is 0 Å². The molecule has 0 saturated heterocycles. The van der Waals surface area contributed by atoms with E-state index in [0.29, 0.717) is 41.1 Å². The smallest absolute Gasteiger partial charge is 0.338 e. The Balaban J connectivity index is 2.11. The maximum absolute atomic E-state index is 12.0. The third-order valence-electron chi connectivity index (χ3n) is 4.22. The number of benzene rings is 2. The first kappa shape index (κ1) is 22.3. The molecule has 2 rings (SSSR count). The van der Waals surface area contributed by atoms with Gasteiger partial charge in [-0.15, -0.1) is 0 Å². The molecule has 8 heteroatoms. The summed E-state index contributed by atoms with van der Waals surface area (Å²) >= 11 is 5.41. The Bertz CT molecular complexity index is 886. The molecular formula is C21H26N2O5S. The first-order chi connectivity index (χ1) is 13.9. The third-order valence-corrected chi connectivity index (χ3v) is 4.47. The fourth-order valence-corrected chi connectivity index (χ4v) is 2.92. The Kier molecular flexibility index (Phi) is 8.09. The quantitative estimate of drug-likeness (QED) is 0.497. The van der Waals surface area contributed by atoms with Crippen LogP contribution in [0.2, 0.25) is 0 Å². The average Bonchev–Trinajstić information content (AvgIpc) is 2.72. The van der Waals surface area contributed by atoms with Crippen molar-refractivity contribution in [3.8, 4) is 17.2 Å². The van der Waals surface area contributed by atoms with Gasteiger partial charge in [0.15, 0.2) is 16.6 Å². The monoisotopic (exact) mass is 418 g/mol. The van der Waals surface area contributed by atoms with E-state index in [2.05, 4.69) is 10.6 Å². The molecule has 0 aliphatic rings. The molecule has 2 N–H and O–H groups in total. The van der Waals surface area contributed by atoms with Gasteiger partial charge in [-0.2, -0.15) is 0 Å². The van der Waals surface area contributed by atoms with Gasteiger partial charge in [0.05, 0.1) is 33.5 Å². The Morgan fingerprint density at radius 1 is 1.03 bits per heavy atom. The third kappa shape index (κ3) is 5.51. The number of thiocarbonyl (C=S) groups is 1. The van der Waals surface area contributed by atoms with E-state index in [1.165, 1.54) is 0 Å². The molecule has 0 amide bonds. The van der Waals surface area contributed by atoms with Crippen molar-refractivity contribution < 1.29 is 23.7 Å². The van der Waals surface area contributed by atoms with E-state index in [1.807, 2.05) is 25.1 Å². The molecule has 2 aromatic rings. The van der Waals surface area contributed by atoms with Crippen molar-refractivity contribution in [1.29, 1.82) is 0 Å². The summed E-state index contributed by atoms with van der Waals surface area (Å²) in [6, 6.07) is 8.97. The van der Waals surface area contributed by atoms with Gasteiger partial charge >= 0.3 is 5.97 Å². The standard InChI is InChI=1S/C21H26N2O5S/c1-6-28-20(24)14-8-7-13(2)16(11-14)23-21(29)22-12-15-9-10-17(25-3)19(27-5)18(15)26-4/h7-11H,6,12H2,1-5H3,(H2,22,23,29). The molecule has 0 fully saturated rings. The van der Waals surface area contributed by atoms with Gasteiger partial charge < -0.3 is 29.6 Å². The highest BCUT2D eigenvalue weighted by Crippen LogP contribution is 2.39. The Morgan fingerprint density at radius 3 is 2.38 bits per heavy atom. The highest BCUT2D eigenvalue weighted by molar-refractivity contribution is 7.80. The van der Waals surface area contributed by atoms with E-state index in [9.17, 15) is 4.79 Å². The number of methoxy groups -OCH3 is 3. The second kappa shape index (κ2) is 10.5. The largest absolute Gasteiger partial charge is 0.493 e. The summed E-state index contributed by atoms with van der Waals surface area (Å²) in [6.07, 6.45) is 0. The number of carbonyl (C=O) groups excluding carboxylic acids is 1. The molecule has 0 aliphatic heterocycles. The molecule has 29 heavy (non-hydrogen) atoms. The van der Waals surface area contributed by atoms with Crippen molar-refractivity contribution in [2.75, 3.05) is 33.3 Å². The molecule has 0 bridgehead atoms. The zero-order chi connectivity index (χ0) is 21.4. The van der Waals surface area contributed by atoms with E-state index in [-0.39, 0.29) is 5.97 Å². The number of ether oxygens (including phenoxy) is 4. The summed E-state index contributed by atoms with van der Waals surface area (Å²) in [5.41, 5.74) is 2.99. The van der Waals surface area contributed by atoms with Crippen LogP contribution < -0.4 is 24.8 Å². The highest BCUT2D eigenvalue weighted by Gasteiger charge is 2.16. The summed E-state index contributed by atoms with van der Waals surface area (Å²) in [4.78, 5) is 12.0. The Labute approximate surface area is 176 Å². The second-order valence-electron chi connectivity index (χ2n) is 6.05. The molecule has 2 aromatic carbocycles. The van der Waals surface area contributed by atoms with E-state index in [4.69, 9.17) is 31.2 Å². The maximum Gasteiger partial charge on any atom is 0.338 e. The molecule has 0 atom stereocenters.